The number of ether oxygens (including phenoxy) is 1. The van der Waals surface area contributed by atoms with E-state index >= 15 is 0 Å². The van der Waals surface area contributed by atoms with Gasteiger partial charge in [0.25, 0.3) is 0 Å². The maximum absolute atomic E-state index is 5.56. The quantitative estimate of drug-likeness (QED) is 0.795. The SMILES string of the molecule is CCOCC(C(C)C)n1c(C(C)C)n[nH]c1=S. The largest absolute Gasteiger partial charge is 0.380 e. The molecule has 0 aliphatic rings. The summed E-state index contributed by atoms with van der Waals surface area (Å²) in [7, 11) is 0. The Kier molecular flexibility index (Phi) is 5.33. The number of aromatic nitrogens is 3. The summed E-state index contributed by atoms with van der Waals surface area (Å²) in [4.78, 5) is 0. The Morgan fingerprint density at radius 1 is 1.35 bits per heavy atom. The summed E-state index contributed by atoms with van der Waals surface area (Å²) in [5, 5.41) is 7.21. The molecule has 0 aliphatic carbocycles. The van der Waals surface area contributed by atoms with Crippen LogP contribution in [0, 0.1) is 10.7 Å². The molecule has 0 amide bonds. The van der Waals surface area contributed by atoms with Gasteiger partial charge in [0.05, 0.1) is 12.6 Å². The topological polar surface area (TPSA) is 42.8 Å². The van der Waals surface area contributed by atoms with Gasteiger partial charge >= 0.3 is 0 Å². The number of nitrogens with zero attached hydrogens (tertiary/aromatic N) is 2. The molecule has 0 aliphatic heterocycles. The molecule has 0 radical (unpaired) electrons. The van der Waals surface area contributed by atoms with Crippen LogP contribution < -0.4 is 0 Å². The molecule has 0 bridgehead atoms. The fraction of sp³-hybridized carbons (Fsp3) is 0.833. The van der Waals surface area contributed by atoms with E-state index in [4.69, 9.17) is 17.0 Å². The Morgan fingerprint density at radius 2 is 2.00 bits per heavy atom. The van der Waals surface area contributed by atoms with Gasteiger partial charge in [-0.15, -0.1) is 0 Å². The first kappa shape index (κ1) is 14.4. The second-order valence-corrected chi connectivity index (χ2v) is 5.27. The highest BCUT2D eigenvalue weighted by Gasteiger charge is 2.21. The third-order valence-electron chi connectivity index (χ3n) is 2.84. The van der Waals surface area contributed by atoms with Crippen LogP contribution in [0.15, 0.2) is 0 Å². The molecule has 0 fully saturated rings. The van der Waals surface area contributed by atoms with Gasteiger partial charge in [0.15, 0.2) is 4.77 Å². The first-order valence-electron chi connectivity index (χ1n) is 6.23. The lowest BCUT2D eigenvalue weighted by atomic mass is 10.0. The van der Waals surface area contributed by atoms with Gasteiger partial charge in [0.1, 0.15) is 5.82 Å². The van der Waals surface area contributed by atoms with Crippen LogP contribution in [0.1, 0.15) is 52.4 Å². The predicted molar refractivity (Wildman–Crippen MR) is 71.9 cm³/mol. The lowest BCUT2D eigenvalue weighted by molar-refractivity contribution is 0.0943. The molecule has 1 heterocycles. The first-order chi connectivity index (χ1) is 7.99. The van der Waals surface area contributed by atoms with Crippen LogP contribution in [-0.2, 0) is 4.74 Å². The number of H-pyrrole nitrogens is 1. The van der Waals surface area contributed by atoms with Crippen molar-refractivity contribution in [3.63, 3.8) is 0 Å². The molecule has 1 N–H and O–H groups in total. The number of hydrogen-bond donors (Lipinski definition) is 1. The zero-order chi connectivity index (χ0) is 13.0. The molecule has 0 saturated carbocycles. The molecule has 98 valence electrons. The van der Waals surface area contributed by atoms with E-state index in [0.717, 1.165) is 12.4 Å². The molecular weight excluding hydrogens is 234 g/mol. The van der Waals surface area contributed by atoms with Gasteiger partial charge in [-0.05, 0) is 25.1 Å². The van der Waals surface area contributed by atoms with E-state index in [9.17, 15) is 0 Å². The summed E-state index contributed by atoms with van der Waals surface area (Å²) in [6.07, 6.45) is 0. The molecule has 17 heavy (non-hydrogen) atoms. The van der Waals surface area contributed by atoms with Gasteiger partial charge in [0.2, 0.25) is 0 Å². The highest BCUT2D eigenvalue weighted by atomic mass is 32.1. The molecule has 5 heteroatoms. The third kappa shape index (κ3) is 3.39. The molecule has 1 unspecified atom stereocenters. The van der Waals surface area contributed by atoms with Crippen molar-refractivity contribution in [2.75, 3.05) is 13.2 Å². The van der Waals surface area contributed by atoms with Crippen LogP contribution in [0.5, 0.6) is 0 Å². The fourth-order valence-corrected chi connectivity index (χ4v) is 2.12. The van der Waals surface area contributed by atoms with E-state index in [1.54, 1.807) is 0 Å². The van der Waals surface area contributed by atoms with Crippen molar-refractivity contribution < 1.29 is 4.74 Å². The van der Waals surface area contributed by atoms with Crippen molar-refractivity contribution in [3.8, 4) is 0 Å². The van der Waals surface area contributed by atoms with Gasteiger partial charge in [-0.2, -0.15) is 5.10 Å². The Bertz CT molecular complexity index is 395. The van der Waals surface area contributed by atoms with Crippen LogP contribution in [0.25, 0.3) is 0 Å². The van der Waals surface area contributed by atoms with Crippen molar-refractivity contribution in [1.29, 1.82) is 0 Å². The summed E-state index contributed by atoms with van der Waals surface area (Å²) < 4.78 is 8.36. The maximum atomic E-state index is 5.56. The van der Waals surface area contributed by atoms with Gasteiger partial charge < -0.3 is 4.74 Å². The van der Waals surface area contributed by atoms with Crippen molar-refractivity contribution >= 4 is 12.2 Å². The highest BCUT2D eigenvalue weighted by molar-refractivity contribution is 7.71. The average Bonchev–Trinajstić information content (AvgIpc) is 2.61. The highest BCUT2D eigenvalue weighted by Crippen LogP contribution is 2.23. The van der Waals surface area contributed by atoms with Gasteiger partial charge in [-0.1, -0.05) is 27.7 Å². The van der Waals surface area contributed by atoms with Crippen LogP contribution in [0.2, 0.25) is 0 Å². The number of hydrogen-bond acceptors (Lipinski definition) is 3. The molecular formula is C12H23N3OS. The van der Waals surface area contributed by atoms with E-state index in [1.807, 2.05) is 6.92 Å². The van der Waals surface area contributed by atoms with Crippen molar-refractivity contribution in [1.82, 2.24) is 14.8 Å². The zero-order valence-electron chi connectivity index (χ0n) is 11.4. The molecule has 1 aromatic rings. The molecule has 1 atom stereocenters. The Labute approximate surface area is 108 Å². The molecule has 1 aromatic heterocycles. The number of nitrogens with one attached hydrogen (secondary N) is 1. The van der Waals surface area contributed by atoms with E-state index in [1.165, 1.54) is 0 Å². The minimum Gasteiger partial charge on any atom is -0.380 e. The molecule has 0 aromatic carbocycles. The Morgan fingerprint density at radius 3 is 2.47 bits per heavy atom. The minimum absolute atomic E-state index is 0.249. The minimum atomic E-state index is 0.249. The van der Waals surface area contributed by atoms with Crippen molar-refractivity contribution in [2.45, 2.75) is 46.6 Å². The lowest BCUT2D eigenvalue weighted by Gasteiger charge is -2.24. The summed E-state index contributed by atoms with van der Waals surface area (Å²) in [5.74, 6) is 1.82. The second-order valence-electron chi connectivity index (χ2n) is 4.88. The number of rotatable bonds is 6. The molecule has 4 nitrogen and oxygen atoms in total. The lowest BCUT2D eigenvalue weighted by Crippen LogP contribution is -2.23. The van der Waals surface area contributed by atoms with Crippen LogP contribution in [-0.4, -0.2) is 28.0 Å². The monoisotopic (exact) mass is 257 g/mol. The van der Waals surface area contributed by atoms with Crippen LogP contribution >= 0.6 is 12.2 Å². The average molecular weight is 257 g/mol. The standard InChI is InChI=1S/C12H23N3OS/c1-6-16-7-10(8(2)3)15-11(9(4)5)13-14-12(15)17/h8-10H,6-7H2,1-5H3,(H,14,17). The predicted octanol–water partition coefficient (Wildman–Crippen LogP) is 3.30. The van der Waals surface area contributed by atoms with Gasteiger partial charge in [0, 0.05) is 12.5 Å². The maximum Gasteiger partial charge on any atom is 0.195 e. The fourth-order valence-electron chi connectivity index (χ4n) is 1.85. The summed E-state index contributed by atoms with van der Waals surface area (Å²) in [6.45, 7) is 12.0. The Balaban J connectivity index is 3.08. The summed E-state index contributed by atoms with van der Waals surface area (Å²) >= 11 is 5.33. The molecule has 1 rings (SSSR count). The second kappa shape index (κ2) is 6.31. The zero-order valence-corrected chi connectivity index (χ0v) is 12.2. The Hall–Kier alpha value is -0.680. The van der Waals surface area contributed by atoms with Gasteiger partial charge in [-0.25, -0.2) is 0 Å². The molecule has 0 saturated heterocycles. The number of aromatic amines is 1. The van der Waals surface area contributed by atoms with E-state index < -0.39 is 0 Å². The van der Waals surface area contributed by atoms with Crippen molar-refractivity contribution in [3.05, 3.63) is 10.6 Å². The third-order valence-corrected chi connectivity index (χ3v) is 3.13. The van der Waals surface area contributed by atoms with E-state index in [2.05, 4.69) is 42.5 Å². The van der Waals surface area contributed by atoms with E-state index in [-0.39, 0.29) is 6.04 Å². The van der Waals surface area contributed by atoms with Crippen LogP contribution in [0.3, 0.4) is 0 Å². The smallest absolute Gasteiger partial charge is 0.195 e. The summed E-state index contributed by atoms with van der Waals surface area (Å²) in [6, 6.07) is 0.249. The summed E-state index contributed by atoms with van der Waals surface area (Å²) in [5.41, 5.74) is 0. The normalized spacial score (nSPS) is 13.6. The van der Waals surface area contributed by atoms with Gasteiger partial charge in [-0.3, -0.25) is 9.67 Å². The van der Waals surface area contributed by atoms with Crippen molar-refractivity contribution in [2.24, 2.45) is 5.92 Å². The first-order valence-corrected chi connectivity index (χ1v) is 6.64. The molecule has 0 spiro atoms. The van der Waals surface area contributed by atoms with E-state index in [0.29, 0.717) is 23.2 Å². The van der Waals surface area contributed by atoms with Crippen LogP contribution in [0.4, 0.5) is 0 Å².